The first-order chi connectivity index (χ1) is 12.1. The summed E-state index contributed by atoms with van der Waals surface area (Å²) in [5, 5.41) is 0. The van der Waals surface area contributed by atoms with Crippen molar-refractivity contribution in [2.75, 3.05) is 13.2 Å². The molecule has 0 N–H and O–H groups in total. The molecule has 0 aromatic heterocycles. The number of nitrogens with zero attached hydrogens (tertiary/aromatic N) is 1. The summed E-state index contributed by atoms with van der Waals surface area (Å²) in [6, 6.07) is 20.9. The topological polar surface area (TPSA) is 21.7 Å². The number of benzene rings is 2. The molecule has 0 aliphatic carbocycles. The van der Waals surface area contributed by atoms with Gasteiger partial charge in [0.1, 0.15) is 0 Å². The highest BCUT2D eigenvalue weighted by molar-refractivity contribution is 7.44. The number of rotatable bonds is 6. The summed E-state index contributed by atoms with van der Waals surface area (Å²) in [5.74, 6) is 0. The molecule has 2 aromatic carbocycles. The summed E-state index contributed by atoms with van der Waals surface area (Å²) in [6.07, 6.45) is 1.98. The average Bonchev–Trinajstić information content (AvgIpc) is 2.63. The third-order valence-corrected chi connectivity index (χ3v) is 5.72. The third-order valence-electron chi connectivity index (χ3n) is 4.21. The second kappa shape index (κ2) is 8.25. The van der Waals surface area contributed by atoms with Crippen LogP contribution in [0.4, 0.5) is 0 Å². The third kappa shape index (κ3) is 4.77. The van der Waals surface area contributed by atoms with Crippen molar-refractivity contribution in [2.24, 2.45) is 5.41 Å². The van der Waals surface area contributed by atoms with Crippen LogP contribution in [0, 0.1) is 5.41 Å². The summed E-state index contributed by atoms with van der Waals surface area (Å²) < 4.78 is 14.6. The van der Waals surface area contributed by atoms with Crippen LogP contribution in [0.2, 0.25) is 0 Å². The smallest absolute Gasteiger partial charge is 0.259 e. The second-order valence-corrected chi connectivity index (χ2v) is 8.63. The fourth-order valence-electron chi connectivity index (χ4n) is 2.80. The largest absolute Gasteiger partial charge is 0.321 e. The number of hydrogen-bond donors (Lipinski definition) is 0. The van der Waals surface area contributed by atoms with Crippen LogP contribution in [0.5, 0.6) is 0 Å². The lowest BCUT2D eigenvalue weighted by molar-refractivity contribution is 0.0408. The first kappa shape index (κ1) is 18.3. The van der Waals surface area contributed by atoms with E-state index < -0.39 is 8.53 Å². The monoisotopic (exact) mass is 355 g/mol. The van der Waals surface area contributed by atoms with Gasteiger partial charge >= 0.3 is 0 Å². The van der Waals surface area contributed by atoms with Gasteiger partial charge in [-0.25, -0.2) is 4.67 Å². The van der Waals surface area contributed by atoms with E-state index in [9.17, 15) is 0 Å². The van der Waals surface area contributed by atoms with Crippen LogP contribution < -0.4 is 0 Å². The minimum Gasteiger partial charge on any atom is -0.321 e. The summed E-state index contributed by atoms with van der Waals surface area (Å²) in [5.41, 5.74) is 2.51. The normalized spacial score (nSPS) is 18.8. The Bertz CT molecular complexity index is 665. The lowest BCUT2D eigenvalue weighted by Crippen LogP contribution is -2.33. The van der Waals surface area contributed by atoms with Crippen molar-refractivity contribution in [1.82, 2.24) is 4.67 Å². The van der Waals surface area contributed by atoms with Crippen LogP contribution in [0.3, 0.4) is 0 Å². The maximum Gasteiger partial charge on any atom is 0.259 e. The van der Waals surface area contributed by atoms with Crippen LogP contribution in [0.1, 0.15) is 31.0 Å². The average molecular weight is 355 g/mol. The first-order valence-corrected chi connectivity index (χ1v) is 9.76. The molecule has 1 heterocycles. The van der Waals surface area contributed by atoms with Gasteiger partial charge in [0.05, 0.1) is 19.3 Å². The van der Waals surface area contributed by atoms with Crippen molar-refractivity contribution in [1.29, 1.82) is 0 Å². The minimum absolute atomic E-state index is 0.0497. The van der Waals surface area contributed by atoms with Crippen molar-refractivity contribution in [3.63, 3.8) is 0 Å². The fourth-order valence-corrected chi connectivity index (χ4v) is 4.80. The van der Waals surface area contributed by atoms with Crippen molar-refractivity contribution < 1.29 is 9.05 Å². The van der Waals surface area contributed by atoms with E-state index in [1.165, 1.54) is 11.1 Å². The van der Waals surface area contributed by atoms with E-state index in [0.717, 1.165) is 6.54 Å². The Kier molecular flexibility index (Phi) is 6.03. The van der Waals surface area contributed by atoms with E-state index in [1.54, 1.807) is 0 Å². The van der Waals surface area contributed by atoms with Gasteiger partial charge in [-0.3, -0.25) is 0 Å². The van der Waals surface area contributed by atoms with E-state index in [-0.39, 0.29) is 11.5 Å². The zero-order valence-electron chi connectivity index (χ0n) is 15.0. The Morgan fingerprint density at radius 1 is 1.04 bits per heavy atom. The molecule has 0 saturated carbocycles. The molecule has 1 unspecified atom stereocenters. The fraction of sp³-hybridized carbons (Fsp3) is 0.333. The molecule has 3 nitrogen and oxygen atoms in total. The predicted octanol–water partition coefficient (Wildman–Crippen LogP) is 5.72. The molecule has 132 valence electrons. The molecule has 1 atom stereocenters. The van der Waals surface area contributed by atoms with Gasteiger partial charge in [-0.1, -0.05) is 80.6 Å². The quantitative estimate of drug-likeness (QED) is 0.489. The Labute approximate surface area is 152 Å². The highest BCUT2D eigenvalue weighted by Crippen LogP contribution is 2.53. The molecular formula is C21H26NO2P. The molecule has 0 amide bonds. The van der Waals surface area contributed by atoms with Crippen molar-refractivity contribution in [3.05, 3.63) is 84.4 Å². The van der Waals surface area contributed by atoms with Gasteiger partial charge < -0.3 is 9.05 Å². The molecule has 0 bridgehead atoms. The first-order valence-electron chi connectivity index (χ1n) is 8.63. The van der Waals surface area contributed by atoms with Gasteiger partial charge in [0.2, 0.25) is 0 Å². The summed E-state index contributed by atoms with van der Waals surface area (Å²) >= 11 is 0. The zero-order valence-corrected chi connectivity index (χ0v) is 15.9. The number of hydrogen-bond acceptors (Lipinski definition) is 3. The maximum atomic E-state index is 6.15. The summed E-state index contributed by atoms with van der Waals surface area (Å²) in [4.78, 5) is 0. The molecule has 0 spiro atoms. The van der Waals surface area contributed by atoms with E-state index in [2.05, 4.69) is 73.6 Å². The molecule has 3 rings (SSSR count). The Morgan fingerprint density at radius 3 is 2.16 bits per heavy atom. The Hall–Kier alpha value is -1.51. The Morgan fingerprint density at radius 2 is 1.60 bits per heavy atom. The summed E-state index contributed by atoms with van der Waals surface area (Å²) in [7, 11) is -1.12. The lowest BCUT2D eigenvalue weighted by Gasteiger charge is -2.41. The second-order valence-electron chi connectivity index (χ2n) is 7.12. The van der Waals surface area contributed by atoms with Crippen molar-refractivity contribution >= 4 is 8.53 Å². The molecule has 1 aliphatic rings. The van der Waals surface area contributed by atoms with E-state index >= 15 is 0 Å². The molecule has 1 aliphatic heterocycles. The molecule has 1 saturated heterocycles. The van der Waals surface area contributed by atoms with E-state index in [4.69, 9.17) is 9.05 Å². The predicted molar refractivity (Wildman–Crippen MR) is 104 cm³/mol. The van der Waals surface area contributed by atoms with Crippen LogP contribution in [-0.4, -0.2) is 17.9 Å². The van der Waals surface area contributed by atoms with Gasteiger partial charge in [-0.05, 0) is 11.1 Å². The highest BCUT2D eigenvalue weighted by atomic mass is 31.2. The lowest BCUT2D eigenvalue weighted by atomic mass is 9.97. The molecule has 4 heteroatoms. The van der Waals surface area contributed by atoms with Crippen LogP contribution in [-0.2, 0) is 15.6 Å². The van der Waals surface area contributed by atoms with Crippen molar-refractivity contribution in [2.45, 2.75) is 26.4 Å². The van der Waals surface area contributed by atoms with Crippen LogP contribution in [0.25, 0.3) is 0 Å². The zero-order chi connectivity index (χ0) is 17.7. The molecule has 1 fully saturated rings. The highest BCUT2D eigenvalue weighted by Gasteiger charge is 2.36. The van der Waals surface area contributed by atoms with Gasteiger partial charge in [-0.15, -0.1) is 6.58 Å². The maximum absolute atomic E-state index is 6.15. The standard InChI is InChI=1S/C21H26NO2P/c1-4-20(19-13-9-6-10-14-19)22(15-18-11-7-5-8-12-18)25-23-16-21(2,3)17-24-25/h4-14,20H,1,15-17H2,2-3H3. The van der Waals surface area contributed by atoms with E-state index in [1.807, 2.05) is 18.2 Å². The molecular weight excluding hydrogens is 329 g/mol. The van der Waals surface area contributed by atoms with Crippen LogP contribution in [0.15, 0.2) is 73.3 Å². The SMILES string of the molecule is C=CC(c1ccccc1)N(Cc1ccccc1)P1OCC(C)(C)CO1. The van der Waals surface area contributed by atoms with Gasteiger partial charge in [0.25, 0.3) is 8.53 Å². The molecule has 25 heavy (non-hydrogen) atoms. The Balaban J connectivity index is 1.87. The van der Waals surface area contributed by atoms with Crippen LogP contribution >= 0.6 is 8.53 Å². The van der Waals surface area contributed by atoms with Gasteiger partial charge in [-0.2, -0.15) is 0 Å². The van der Waals surface area contributed by atoms with Crippen molar-refractivity contribution in [3.8, 4) is 0 Å². The minimum atomic E-state index is -1.12. The molecule has 2 aromatic rings. The summed E-state index contributed by atoms with van der Waals surface area (Å²) in [6.45, 7) is 10.6. The van der Waals surface area contributed by atoms with E-state index in [0.29, 0.717) is 13.2 Å². The van der Waals surface area contributed by atoms with Gasteiger partial charge in [0, 0.05) is 12.0 Å². The molecule has 0 radical (unpaired) electrons. The van der Waals surface area contributed by atoms with Gasteiger partial charge in [0.15, 0.2) is 0 Å².